The molecule has 0 aliphatic carbocycles. The van der Waals surface area contributed by atoms with Gasteiger partial charge >= 0.3 is 0 Å². The van der Waals surface area contributed by atoms with Gasteiger partial charge in [0.1, 0.15) is 5.82 Å². The number of hydrogen-bond donors (Lipinski definition) is 1. The molecule has 1 saturated heterocycles. The Balaban J connectivity index is 1.76. The van der Waals surface area contributed by atoms with Crippen molar-refractivity contribution in [2.45, 2.75) is 19.4 Å². The molecule has 0 saturated carbocycles. The number of carbonyl (C=O) groups excluding carboxylic acids is 1. The minimum absolute atomic E-state index is 0.0970. The third-order valence-electron chi connectivity index (χ3n) is 5.17. The summed E-state index contributed by atoms with van der Waals surface area (Å²) < 4.78 is 5.52. The number of hydrogen-bond acceptors (Lipinski definition) is 5. The average Bonchev–Trinajstić information content (AvgIpc) is 2.75. The van der Waals surface area contributed by atoms with Crippen LogP contribution in [0.15, 0.2) is 42.6 Å². The van der Waals surface area contributed by atoms with E-state index in [0.29, 0.717) is 17.9 Å². The molecule has 1 aromatic carbocycles. The van der Waals surface area contributed by atoms with Crippen molar-refractivity contribution >= 4 is 11.7 Å². The van der Waals surface area contributed by atoms with Crippen LogP contribution in [0.5, 0.6) is 0 Å². The maximum Gasteiger partial charge on any atom is 0.255 e. The van der Waals surface area contributed by atoms with Crippen molar-refractivity contribution in [2.75, 3.05) is 51.8 Å². The second-order valence-electron chi connectivity index (χ2n) is 7.24. The number of rotatable bonds is 7. The number of nitrogens with one attached hydrogen (secondary N) is 1. The Morgan fingerprint density at radius 1 is 1.21 bits per heavy atom. The maximum absolute atomic E-state index is 12.9. The van der Waals surface area contributed by atoms with Crippen LogP contribution >= 0.6 is 0 Å². The average molecular weight is 383 g/mol. The molecule has 2 heterocycles. The largest absolute Gasteiger partial charge is 0.379 e. The second-order valence-corrected chi connectivity index (χ2v) is 7.24. The van der Waals surface area contributed by atoms with Crippen LogP contribution in [0.4, 0.5) is 5.82 Å². The fourth-order valence-corrected chi connectivity index (χ4v) is 3.54. The highest BCUT2D eigenvalue weighted by molar-refractivity contribution is 5.98. The molecule has 1 N–H and O–H groups in total. The number of aryl methyl sites for hydroxylation is 1. The summed E-state index contributed by atoms with van der Waals surface area (Å²) >= 11 is 0. The lowest BCUT2D eigenvalue weighted by Crippen LogP contribution is -2.44. The topological polar surface area (TPSA) is 57.7 Å². The number of amides is 1. The number of ether oxygens (including phenoxy) is 1. The van der Waals surface area contributed by atoms with E-state index in [4.69, 9.17) is 4.74 Å². The van der Waals surface area contributed by atoms with E-state index < -0.39 is 0 Å². The quantitative estimate of drug-likeness (QED) is 0.797. The van der Waals surface area contributed by atoms with Gasteiger partial charge in [0.25, 0.3) is 5.91 Å². The van der Waals surface area contributed by atoms with Gasteiger partial charge in [-0.3, -0.25) is 9.69 Å². The summed E-state index contributed by atoms with van der Waals surface area (Å²) in [7, 11) is 3.79. The molecule has 0 spiro atoms. The van der Waals surface area contributed by atoms with E-state index in [1.54, 1.807) is 12.3 Å². The van der Waals surface area contributed by atoms with Crippen molar-refractivity contribution in [1.82, 2.24) is 15.2 Å². The molecule has 0 bridgehead atoms. The van der Waals surface area contributed by atoms with E-state index in [1.165, 1.54) is 11.1 Å². The molecule has 1 amide bonds. The van der Waals surface area contributed by atoms with Gasteiger partial charge in [0.2, 0.25) is 0 Å². The first-order chi connectivity index (χ1) is 13.6. The molecule has 1 atom stereocenters. The van der Waals surface area contributed by atoms with Gasteiger partial charge < -0.3 is 15.0 Å². The number of carbonyl (C=O) groups is 1. The molecule has 6 nitrogen and oxygen atoms in total. The summed E-state index contributed by atoms with van der Waals surface area (Å²) in [5.41, 5.74) is 3.13. The van der Waals surface area contributed by atoms with E-state index in [0.717, 1.165) is 32.7 Å². The Kier molecular flexibility index (Phi) is 7.01. The SMILES string of the molecule is CCc1ccc(C(CNC(=O)c2cccnc2N(C)C)N2CCOCC2)cc1. The van der Waals surface area contributed by atoms with Crippen molar-refractivity contribution in [1.29, 1.82) is 0 Å². The zero-order chi connectivity index (χ0) is 19.9. The molecule has 3 rings (SSSR count). The number of nitrogens with zero attached hydrogens (tertiary/aromatic N) is 3. The summed E-state index contributed by atoms with van der Waals surface area (Å²) in [4.78, 5) is 21.4. The van der Waals surface area contributed by atoms with Gasteiger partial charge in [-0.2, -0.15) is 0 Å². The molecule has 6 heteroatoms. The van der Waals surface area contributed by atoms with Crippen LogP contribution in [-0.2, 0) is 11.2 Å². The van der Waals surface area contributed by atoms with Gasteiger partial charge in [-0.1, -0.05) is 31.2 Å². The third-order valence-corrected chi connectivity index (χ3v) is 5.17. The van der Waals surface area contributed by atoms with Gasteiger partial charge in [0.05, 0.1) is 24.8 Å². The van der Waals surface area contributed by atoms with Gasteiger partial charge in [-0.25, -0.2) is 4.98 Å². The minimum atomic E-state index is -0.0970. The predicted octanol–water partition coefficient (Wildman–Crippen LogP) is 2.51. The van der Waals surface area contributed by atoms with Crippen molar-refractivity contribution in [3.63, 3.8) is 0 Å². The van der Waals surface area contributed by atoms with Crippen molar-refractivity contribution < 1.29 is 9.53 Å². The summed E-state index contributed by atoms with van der Waals surface area (Å²) in [6.45, 7) is 5.89. The first-order valence-electron chi connectivity index (χ1n) is 9.91. The zero-order valence-electron chi connectivity index (χ0n) is 17.0. The molecule has 1 aliphatic heterocycles. The first kappa shape index (κ1) is 20.3. The summed E-state index contributed by atoms with van der Waals surface area (Å²) in [6.07, 6.45) is 2.73. The van der Waals surface area contributed by atoms with Gasteiger partial charge in [0, 0.05) is 39.9 Å². The van der Waals surface area contributed by atoms with Crippen LogP contribution in [0.2, 0.25) is 0 Å². The van der Waals surface area contributed by atoms with E-state index >= 15 is 0 Å². The van der Waals surface area contributed by atoms with E-state index in [-0.39, 0.29) is 11.9 Å². The fraction of sp³-hybridized carbons (Fsp3) is 0.455. The van der Waals surface area contributed by atoms with Crippen LogP contribution in [-0.4, -0.2) is 62.7 Å². The van der Waals surface area contributed by atoms with E-state index in [9.17, 15) is 4.79 Å². The van der Waals surface area contributed by atoms with Crippen molar-refractivity contribution in [2.24, 2.45) is 0 Å². The zero-order valence-corrected chi connectivity index (χ0v) is 17.0. The van der Waals surface area contributed by atoms with Crippen molar-refractivity contribution in [3.05, 3.63) is 59.3 Å². The smallest absolute Gasteiger partial charge is 0.255 e. The molecule has 1 unspecified atom stereocenters. The minimum Gasteiger partial charge on any atom is -0.379 e. The number of morpholine rings is 1. The molecule has 2 aromatic rings. The number of anilines is 1. The molecular formula is C22H30N4O2. The Bertz CT molecular complexity index is 770. The first-order valence-corrected chi connectivity index (χ1v) is 9.91. The van der Waals surface area contributed by atoms with Crippen molar-refractivity contribution in [3.8, 4) is 0 Å². The second kappa shape index (κ2) is 9.66. The van der Waals surface area contributed by atoms with Gasteiger partial charge in [0.15, 0.2) is 0 Å². The Morgan fingerprint density at radius 2 is 1.93 bits per heavy atom. The van der Waals surface area contributed by atoms with Gasteiger partial charge in [-0.05, 0) is 29.7 Å². The molecule has 28 heavy (non-hydrogen) atoms. The van der Waals surface area contributed by atoms with Crippen LogP contribution in [0, 0.1) is 0 Å². The monoisotopic (exact) mass is 382 g/mol. The molecular weight excluding hydrogens is 352 g/mol. The van der Waals surface area contributed by atoms with Crippen LogP contribution < -0.4 is 10.2 Å². The third kappa shape index (κ3) is 4.88. The highest BCUT2D eigenvalue weighted by Crippen LogP contribution is 2.23. The standard InChI is InChI=1S/C22H30N4O2/c1-4-17-7-9-18(10-8-17)20(26-12-14-28-15-13-26)16-24-22(27)19-6-5-11-23-21(19)25(2)3/h5-11,20H,4,12-16H2,1-3H3,(H,24,27). The number of pyridine rings is 1. The molecule has 1 aliphatic rings. The van der Waals surface area contributed by atoms with E-state index in [1.807, 2.05) is 25.1 Å². The Labute approximate surface area is 167 Å². The molecule has 1 aromatic heterocycles. The summed E-state index contributed by atoms with van der Waals surface area (Å²) in [6, 6.07) is 12.5. The number of benzene rings is 1. The molecule has 1 fully saturated rings. The lowest BCUT2D eigenvalue weighted by Gasteiger charge is -2.35. The van der Waals surface area contributed by atoms with Gasteiger partial charge in [-0.15, -0.1) is 0 Å². The molecule has 150 valence electrons. The molecule has 0 radical (unpaired) electrons. The van der Waals surface area contributed by atoms with Crippen LogP contribution in [0.25, 0.3) is 0 Å². The Hall–Kier alpha value is -2.44. The Morgan fingerprint density at radius 3 is 2.57 bits per heavy atom. The van der Waals surface area contributed by atoms with Crippen LogP contribution in [0.3, 0.4) is 0 Å². The maximum atomic E-state index is 12.9. The predicted molar refractivity (Wildman–Crippen MR) is 112 cm³/mol. The van der Waals surface area contributed by atoms with Crippen LogP contribution in [0.1, 0.15) is 34.5 Å². The lowest BCUT2D eigenvalue weighted by molar-refractivity contribution is 0.0162. The number of aromatic nitrogens is 1. The summed E-state index contributed by atoms with van der Waals surface area (Å²) in [5.74, 6) is 0.579. The fourth-order valence-electron chi connectivity index (χ4n) is 3.54. The summed E-state index contributed by atoms with van der Waals surface area (Å²) in [5, 5.41) is 3.13. The highest BCUT2D eigenvalue weighted by atomic mass is 16.5. The highest BCUT2D eigenvalue weighted by Gasteiger charge is 2.24. The lowest BCUT2D eigenvalue weighted by atomic mass is 10.0. The van der Waals surface area contributed by atoms with E-state index in [2.05, 4.69) is 46.4 Å². The normalized spacial score (nSPS) is 15.8.